The van der Waals surface area contributed by atoms with Gasteiger partial charge in [-0.25, -0.2) is 0 Å². The molecule has 0 aromatic heterocycles. The zero-order chi connectivity index (χ0) is 47.5. The number of hydrogen-bond donors (Lipinski definition) is 4. The first-order valence-corrected chi connectivity index (χ1v) is 24.2. The van der Waals surface area contributed by atoms with Crippen molar-refractivity contribution in [3.05, 3.63) is 110 Å². The van der Waals surface area contributed by atoms with Crippen LogP contribution in [0.4, 0.5) is 11.4 Å². The second-order valence-electron chi connectivity index (χ2n) is 19.0. The van der Waals surface area contributed by atoms with E-state index in [9.17, 15) is 27.7 Å². The van der Waals surface area contributed by atoms with Gasteiger partial charge in [0, 0.05) is 90.4 Å². The maximum Gasteiger partial charge on any atom is 0.294 e. The van der Waals surface area contributed by atoms with Gasteiger partial charge in [0.25, 0.3) is 16.0 Å². The van der Waals surface area contributed by atoms with E-state index in [1.807, 2.05) is 27.7 Å². The van der Waals surface area contributed by atoms with Gasteiger partial charge in [0.1, 0.15) is 18.0 Å². The highest BCUT2D eigenvalue weighted by Crippen LogP contribution is 2.49. The van der Waals surface area contributed by atoms with Crippen LogP contribution in [0.15, 0.2) is 70.3 Å². The third-order valence-electron chi connectivity index (χ3n) is 13.7. The lowest BCUT2D eigenvalue weighted by atomic mass is 9.81. The van der Waals surface area contributed by atoms with E-state index in [2.05, 4.69) is 101 Å². The molecule has 0 spiro atoms. The summed E-state index contributed by atoms with van der Waals surface area (Å²) < 4.78 is 43.2. The van der Waals surface area contributed by atoms with Crippen LogP contribution in [-0.2, 0) is 37.0 Å². The lowest BCUT2D eigenvalue weighted by Gasteiger charge is -2.36. The number of benzene rings is 3. The van der Waals surface area contributed by atoms with E-state index in [4.69, 9.17) is 10.3 Å². The lowest BCUT2D eigenvalue weighted by Crippen LogP contribution is -2.51. The predicted molar refractivity (Wildman–Crippen MR) is 255 cm³/mol. The Hall–Kier alpha value is -5.63. The van der Waals surface area contributed by atoms with E-state index >= 15 is 0 Å². The topological polar surface area (TPSA) is 197 Å². The summed E-state index contributed by atoms with van der Waals surface area (Å²) in [4.78, 5) is 31.1. The fraction of sp³-hybridized carbons (Fsp3) is 0.500. The van der Waals surface area contributed by atoms with Gasteiger partial charge >= 0.3 is 0 Å². The monoisotopic (exact) mass is 908 g/mol. The van der Waals surface area contributed by atoms with Gasteiger partial charge in [0.05, 0.1) is 10.3 Å². The van der Waals surface area contributed by atoms with Crippen LogP contribution >= 0.6 is 0 Å². The van der Waals surface area contributed by atoms with Crippen LogP contribution in [-0.4, -0.2) is 78.5 Å². The second-order valence-corrected chi connectivity index (χ2v) is 20.4. The zero-order valence-corrected chi connectivity index (χ0v) is 40.3. The van der Waals surface area contributed by atoms with Crippen molar-refractivity contribution in [2.75, 3.05) is 37.6 Å². The number of anilines is 1. The Morgan fingerprint density at radius 2 is 1.66 bits per heavy atom. The highest BCUT2D eigenvalue weighted by atomic mass is 32.2. The van der Waals surface area contributed by atoms with Crippen LogP contribution < -0.4 is 20.3 Å². The van der Waals surface area contributed by atoms with Crippen molar-refractivity contribution in [1.29, 1.82) is 0 Å². The number of carbonyl (C=O) groups is 2. The maximum atomic E-state index is 13.8. The standard InChI is InChI=1S/C50H65N7O7S/c1-32-19-21-40-38(30-32)48(5,6)42(57(40)29-15-26-53-47(60)50(9)24-23-37-35(4)45(59)33(2)34(3)46(37)64-50)16-13-17-43-49(7,8)39-31-36(65(61,62)63)20-22-41(39)56(43)28-12-10-11-18-44(58)52-25-14-27-54-55-51/h13,16-17,19-22,30-31H,10-12,14-15,18,23-29H2,1-9H3,(H3-,52,53,58,59,60,61,62,63)/p+1. The van der Waals surface area contributed by atoms with E-state index < -0.39 is 21.1 Å². The van der Waals surface area contributed by atoms with E-state index in [1.54, 1.807) is 12.1 Å². The van der Waals surface area contributed by atoms with Crippen LogP contribution in [0.25, 0.3) is 10.4 Å². The van der Waals surface area contributed by atoms with Crippen molar-refractivity contribution >= 4 is 39.0 Å². The molecule has 4 N–H and O–H groups in total. The summed E-state index contributed by atoms with van der Waals surface area (Å²) in [6.45, 7) is 20.7. The fourth-order valence-corrected chi connectivity index (χ4v) is 10.1. The summed E-state index contributed by atoms with van der Waals surface area (Å²) in [6, 6.07) is 11.3. The van der Waals surface area contributed by atoms with Crippen molar-refractivity contribution in [2.24, 2.45) is 5.11 Å². The molecule has 3 aliphatic rings. The molecule has 65 heavy (non-hydrogen) atoms. The van der Waals surface area contributed by atoms with Crippen LogP contribution in [0.3, 0.4) is 0 Å². The number of phenols is 1. The average molecular weight is 909 g/mol. The van der Waals surface area contributed by atoms with Gasteiger partial charge in [-0.1, -0.05) is 42.7 Å². The number of nitrogens with zero attached hydrogens (tertiary/aromatic N) is 5. The van der Waals surface area contributed by atoms with Gasteiger partial charge in [0.15, 0.2) is 11.3 Å². The Balaban J connectivity index is 1.20. The molecule has 1 unspecified atom stereocenters. The highest BCUT2D eigenvalue weighted by Gasteiger charge is 2.46. The van der Waals surface area contributed by atoms with E-state index in [1.165, 1.54) is 17.2 Å². The molecule has 1 atom stereocenters. The molecule has 14 nitrogen and oxygen atoms in total. The van der Waals surface area contributed by atoms with E-state index in [-0.39, 0.29) is 27.9 Å². The molecular weight excluding hydrogens is 843 g/mol. The van der Waals surface area contributed by atoms with Crippen molar-refractivity contribution in [1.82, 2.24) is 10.6 Å². The number of rotatable bonds is 18. The van der Waals surface area contributed by atoms with Crippen LogP contribution in [0.5, 0.6) is 11.5 Å². The lowest BCUT2D eigenvalue weighted by molar-refractivity contribution is -0.438. The number of hydrogen-bond acceptors (Lipinski definition) is 8. The van der Waals surface area contributed by atoms with Crippen LogP contribution in [0, 0.1) is 27.7 Å². The first kappa shape index (κ1) is 48.8. The number of carbonyl (C=O) groups excluding carboxylic acids is 2. The normalized spacial score (nSPS) is 18.9. The Morgan fingerprint density at radius 1 is 0.923 bits per heavy atom. The summed E-state index contributed by atoms with van der Waals surface area (Å²) in [6.07, 6.45) is 11.4. The zero-order valence-electron chi connectivity index (χ0n) is 39.5. The molecule has 348 valence electrons. The van der Waals surface area contributed by atoms with Crippen molar-refractivity contribution in [3.8, 4) is 11.5 Å². The largest absolute Gasteiger partial charge is 0.507 e. The summed E-state index contributed by atoms with van der Waals surface area (Å²) in [5, 5.41) is 20.2. The minimum Gasteiger partial charge on any atom is -0.507 e. The number of azide groups is 1. The molecule has 0 radical (unpaired) electrons. The molecule has 0 aliphatic carbocycles. The molecule has 3 aromatic carbocycles. The van der Waals surface area contributed by atoms with Gasteiger partial charge in [-0.2, -0.15) is 13.0 Å². The maximum absolute atomic E-state index is 13.8. The summed E-state index contributed by atoms with van der Waals surface area (Å²) in [7, 11) is -4.43. The first-order valence-electron chi connectivity index (χ1n) is 22.7. The molecule has 0 bridgehead atoms. The molecule has 2 amide bonds. The number of aromatic hydroxyl groups is 1. The Kier molecular flexibility index (Phi) is 14.6. The second kappa shape index (κ2) is 19.5. The highest BCUT2D eigenvalue weighted by molar-refractivity contribution is 7.85. The van der Waals surface area contributed by atoms with Crippen molar-refractivity contribution in [2.45, 2.75) is 135 Å². The number of nitrogens with one attached hydrogen (secondary N) is 2. The van der Waals surface area contributed by atoms with Crippen LogP contribution in [0.1, 0.15) is 119 Å². The third-order valence-corrected chi connectivity index (χ3v) is 14.5. The van der Waals surface area contributed by atoms with Crippen LogP contribution in [0.2, 0.25) is 0 Å². The molecule has 15 heteroatoms. The summed E-state index contributed by atoms with van der Waals surface area (Å²) in [5.74, 6) is 0.783. The van der Waals surface area contributed by atoms with E-state index in [0.29, 0.717) is 77.0 Å². The summed E-state index contributed by atoms with van der Waals surface area (Å²) in [5.41, 5.74) is 17.1. The number of aryl methyl sites for hydroxylation is 1. The fourth-order valence-electron chi connectivity index (χ4n) is 9.59. The molecule has 6 rings (SSSR count). The number of phenolic OH excluding ortho intramolecular Hbond substituents is 1. The smallest absolute Gasteiger partial charge is 0.294 e. The first-order chi connectivity index (χ1) is 30.6. The molecule has 0 saturated carbocycles. The van der Waals surface area contributed by atoms with Crippen molar-refractivity contribution < 1.29 is 37.0 Å². The Labute approximate surface area is 384 Å². The molecular formula is C50H66N7O7S+. The molecule has 3 heterocycles. The molecule has 3 aliphatic heterocycles. The predicted octanol–water partition coefficient (Wildman–Crippen LogP) is 9.15. The van der Waals surface area contributed by atoms with Gasteiger partial charge < -0.3 is 25.4 Å². The van der Waals surface area contributed by atoms with Gasteiger partial charge in [-0.3, -0.25) is 14.1 Å². The minimum absolute atomic E-state index is 0.0382. The SMILES string of the molecule is Cc1ccc2c(c1)C(C)(C)C(=CC=CC1=[N+](CCCCCC(=O)NCCCN=[N+]=[N-])c3ccc(S(=O)(=O)O)cc3C1(C)C)N2CCCNC(=O)C1(C)CCc2c(C)c(O)c(C)c(C)c2O1. The number of allylic oxidation sites excluding steroid dienone is 4. The average Bonchev–Trinajstić information content (AvgIpc) is 3.60. The molecule has 3 aromatic rings. The van der Waals surface area contributed by atoms with Gasteiger partial charge in [0.2, 0.25) is 11.6 Å². The van der Waals surface area contributed by atoms with E-state index in [0.717, 1.165) is 63.4 Å². The minimum atomic E-state index is -4.43. The van der Waals surface area contributed by atoms with Gasteiger partial charge in [-0.05, 0) is 133 Å². The quantitative estimate of drug-likeness (QED) is 0.0242. The number of amides is 2. The molecule has 0 fully saturated rings. The Bertz CT molecular complexity index is 2620. The summed E-state index contributed by atoms with van der Waals surface area (Å²) >= 11 is 0. The third kappa shape index (κ3) is 10.1. The van der Waals surface area contributed by atoms with Gasteiger partial charge in [-0.15, -0.1) is 0 Å². The Morgan fingerprint density at radius 3 is 2.38 bits per heavy atom. The number of fused-ring (bicyclic) bond motifs is 3. The van der Waals surface area contributed by atoms with Crippen molar-refractivity contribution in [3.63, 3.8) is 0 Å². The molecule has 0 saturated heterocycles. The number of ether oxygens (including phenoxy) is 1. The number of unbranched alkanes of at least 4 members (excludes halogenated alkanes) is 2.